The van der Waals surface area contributed by atoms with Crippen molar-refractivity contribution < 1.29 is 8.78 Å². The van der Waals surface area contributed by atoms with E-state index in [0.29, 0.717) is 18.5 Å². The van der Waals surface area contributed by atoms with E-state index < -0.39 is 6.17 Å². The van der Waals surface area contributed by atoms with Crippen LogP contribution in [0.1, 0.15) is 12.0 Å². The molecule has 1 atom stereocenters. The minimum Gasteiger partial charge on any atom is -0.330 e. The molecule has 78 valence electrons. The summed E-state index contributed by atoms with van der Waals surface area (Å²) >= 11 is 3.25. The average Bonchev–Trinajstić information content (AvgIpc) is 2.12. The standard InChI is InChI=1S/C10H12BrF2N/c11-10-2-1-8(12)5-7(10)6-9(13)3-4-14/h1-2,5,9H,3-4,6,14H2. The number of alkyl halides is 1. The van der Waals surface area contributed by atoms with Crippen molar-refractivity contribution in [2.75, 3.05) is 6.54 Å². The number of halogens is 3. The number of benzene rings is 1. The number of nitrogens with two attached hydrogens (primary N) is 1. The van der Waals surface area contributed by atoms with E-state index in [0.717, 1.165) is 4.47 Å². The van der Waals surface area contributed by atoms with Crippen molar-refractivity contribution in [2.45, 2.75) is 19.0 Å². The molecule has 14 heavy (non-hydrogen) atoms. The average molecular weight is 264 g/mol. The fourth-order valence-corrected chi connectivity index (χ4v) is 1.63. The van der Waals surface area contributed by atoms with Crippen molar-refractivity contribution in [1.82, 2.24) is 0 Å². The number of hydrogen-bond acceptors (Lipinski definition) is 1. The highest BCUT2D eigenvalue weighted by Gasteiger charge is 2.09. The first-order valence-electron chi connectivity index (χ1n) is 4.41. The van der Waals surface area contributed by atoms with E-state index in [4.69, 9.17) is 5.73 Å². The van der Waals surface area contributed by atoms with Gasteiger partial charge in [-0.15, -0.1) is 0 Å². The molecule has 0 saturated heterocycles. The summed E-state index contributed by atoms with van der Waals surface area (Å²) in [7, 11) is 0. The van der Waals surface area contributed by atoms with Crippen LogP contribution in [0.15, 0.2) is 22.7 Å². The van der Waals surface area contributed by atoms with Gasteiger partial charge in [-0.3, -0.25) is 0 Å². The topological polar surface area (TPSA) is 26.0 Å². The molecular formula is C10H12BrF2N. The Morgan fingerprint density at radius 3 is 2.79 bits per heavy atom. The molecule has 0 heterocycles. The SMILES string of the molecule is NCCC(F)Cc1cc(F)ccc1Br. The first-order valence-corrected chi connectivity index (χ1v) is 5.21. The largest absolute Gasteiger partial charge is 0.330 e. The van der Waals surface area contributed by atoms with Gasteiger partial charge in [0.25, 0.3) is 0 Å². The predicted octanol–water partition coefficient (Wildman–Crippen LogP) is 2.82. The van der Waals surface area contributed by atoms with Crippen LogP contribution in [0, 0.1) is 5.82 Å². The van der Waals surface area contributed by atoms with E-state index in [-0.39, 0.29) is 12.2 Å². The summed E-state index contributed by atoms with van der Waals surface area (Å²) in [5.41, 5.74) is 5.87. The van der Waals surface area contributed by atoms with Crippen molar-refractivity contribution in [3.05, 3.63) is 34.1 Å². The van der Waals surface area contributed by atoms with Gasteiger partial charge in [0.2, 0.25) is 0 Å². The zero-order chi connectivity index (χ0) is 10.6. The Morgan fingerprint density at radius 1 is 1.43 bits per heavy atom. The minimum absolute atomic E-state index is 0.204. The second-order valence-electron chi connectivity index (χ2n) is 3.11. The van der Waals surface area contributed by atoms with Gasteiger partial charge in [0, 0.05) is 10.9 Å². The summed E-state index contributed by atoms with van der Waals surface area (Å²) in [5.74, 6) is -0.344. The Hall–Kier alpha value is -0.480. The van der Waals surface area contributed by atoms with Crippen molar-refractivity contribution >= 4 is 15.9 Å². The third-order valence-electron chi connectivity index (χ3n) is 1.93. The maximum Gasteiger partial charge on any atom is 0.123 e. The molecule has 0 fully saturated rings. The van der Waals surface area contributed by atoms with Gasteiger partial charge < -0.3 is 5.73 Å². The lowest BCUT2D eigenvalue weighted by Gasteiger charge is -2.08. The lowest BCUT2D eigenvalue weighted by molar-refractivity contribution is 0.316. The van der Waals surface area contributed by atoms with E-state index in [1.807, 2.05) is 0 Å². The van der Waals surface area contributed by atoms with Crippen LogP contribution in [-0.4, -0.2) is 12.7 Å². The van der Waals surface area contributed by atoms with Crippen LogP contribution < -0.4 is 5.73 Å². The second-order valence-corrected chi connectivity index (χ2v) is 3.97. The maximum atomic E-state index is 13.2. The van der Waals surface area contributed by atoms with Crippen LogP contribution in [0.3, 0.4) is 0 Å². The van der Waals surface area contributed by atoms with Gasteiger partial charge in [0.1, 0.15) is 12.0 Å². The molecule has 0 aliphatic rings. The van der Waals surface area contributed by atoms with Gasteiger partial charge >= 0.3 is 0 Å². The lowest BCUT2D eigenvalue weighted by atomic mass is 10.1. The summed E-state index contributed by atoms with van der Waals surface area (Å²) in [6.45, 7) is 0.314. The summed E-state index contributed by atoms with van der Waals surface area (Å²) in [6, 6.07) is 4.26. The molecule has 0 bridgehead atoms. The monoisotopic (exact) mass is 263 g/mol. The highest BCUT2D eigenvalue weighted by molar-refractivity contribution is 9.10. The molecule has 1 aromatic rings. The van der Waals surface area contributed by atoms with Gasteiger partial charge in [0.15, 0.2) is 0 Å². The van der Waals surface area contributed by atoms with Crippen molar-refractivity contribution in [3.8, 4) is 0 Å². The third-order valence-corrected chi connectivity index (χ3v) is 2.70. The zero-order valence-electron chi connectivity index (χ0n) is 7.64. The summed E-state index contributed by atoms with van der Waals surface area (Å²) < 4.78 is 26.7. The van der Waals surface area contributed by atoms with Crippen molar-refractivity contribution in [3.63, 3.8) is 0 Å². The molecule has 1 rings (SSSR count). The Labute approximate surface area is 90.4 Å². The summed E-state index contributed by atoms with van der Waals surface area (Å²) in [6.07, 6.45) is -0.489. The van der Waals surface area contributed by atoms with Crippen molar-refractivity contribution in [1.29, 1.82) is 0 Å². The molecule has 0 radical (unpaired) electrons. The number of rotatable bonds is 4. The highest BCUT2D eigenvalue weighted by Crippen LogP contribution is 2.20. The highest BCUT2D eigenvalue weighted by atomic mass is 79.9. The second kappa shape index (κ2) is 5.41. The van der Waals surface area contributed by atoms with Gasteiger partial charge in [-0.05, 0) is 36.7 Å². The molecule has 0 amide bonds. The Morgan fingerprint density at radius 2 is 2.14 bits per heavy atom. The summed E-state index contributed by atoms with van der Waals surface area (Å²) in [5, 5.41) is 0. The van der Waals surface area contributed by atoms with E-state index >= 15 is 0 Å². The first kappa shape index (κ1) is 11.6. The molecule has 0 spiro atoms. The van der Waals surface area contributed by atoms with E-state index in [1.54, 1.807) is 6.07 Å². The molecule has 1 unspecified atom stereocenters. The molecule has 2 N–H and O–H groups in total. The molecule has 0 aliphatic heterocycles. The van der Waals surface area contributed by atoms with Crippen LogP contribution in [-0.2, 0) is 6.42 Å². The van der Waals surface area contributed by atoms with Gasteiger partial charge in [-0.1, -0.05) is 15.9 Å². The van der Waals surface area contributed by atoms with Crippen LogP contribution >= 0.6 is 15.9 Å². The molecule has 0 aromatic heterocycles. The Kier molecular flexibility index (Phi) is 4.48. The molecular weight excluding hydrogens is 252 g/mol. The molecule has 1 nitrogen and oxygen atoms in total. The fourth-order valence-electron chi connectivity index (χ4n) is 1.22. The fraction of sp³-hybridized carbons (Fsp3) is 0.400. The molecule has 0 saturated carbocycles. The summed E-state index contributed by atoms with van der Waals surface area (Å²) in [4.78, 5) is 0. The Balaban J connectivity index is 2.70. The quantitative estimate of drug-likeness (QED) is 0.889. The molecule has 1 aromatic carbocycles. The predicted molar refractivity (Wildman–Crippen MR) is 56.4 cm³/mol. The lowest BCUT2D eigenvalue weighted by Crippen LogP contribution is -2.12. The number of hydrogen-bond donors (Lipinski definition) is 1. The van der Waals surface area contributed by atoms with E-state index in [9.17, 15) is 8.78 Å². The molecule has 4 heteroatoms. The van der Waals surface area contributed by atoms with Gasteiger partial charge in [-0.2, -0.15) is 0 Å². The van der Waals surface area contributed by atoms with Crippen molar-refractivity contribution in [2.24, 2.45) is 5.73 Å². The zero-order valence-corrected chi connectivity index (χ0v) is 9.23. The molecule has 0 aliphatic carbocycles. The first-order chi connectivity index (χ1) is 6.63. The Bertz CT molecular complexity index is 304. The smallest absolute Gasteiger partial charge is 0.123 e. The maximum absolute atomic E-state index is 13.2. The van der Waals surface area contributed by atoms with Crippen LogP contribution in [0.5, 0.6) is 0 Å². The normalized spacial score (nSPS) is 12.9. The minimum atomic E-state index is -1.00. The van der Waals surface area contributed by atoms with Crippen LogP contribution in [0.25, 0.3) is 0 Å². The van der Waals surface area contributed by atoms with E-state index in [2.05, 4.69) is 15.9 Å². The van der Waals surface area contributed by atoms with Gasteiger partial charge in [0.05, 0.1) is 0 Å². The van der Waals surface area contributed by atoms with Gasteiger partial charge in [-0.25, -0.2) is 8.78 Å². The van der Waals surface area contributed by atoms with Crippen LogP contribution in [0.4, 0.5) is 8.78 Å². The third kappa shape index (κ3) is 3.35. The van der Waals surface area contributed by atoms with Crippen LogP contribution in [0.2, 0.25) is 0 Å². The van der Waals surface area contributed by atoms with E-state index in [1.165, 1.54) is 12.1 Å².